The van der Waals surface area contributed by atoms with Gasteiger partial charge in [0, 0.05) is 11.1 Å². The van der Waals surface area contributed by atoms with Gasteiger partial charge in [0.15, 0.2) is 23.3 Å². The first-order valence-corrected chi connectivity index (χ1v) is 12.7. The lowest BCUT2D eigenvalue weighted by molar-refractivity contribution is 0.363. The Kier molecular flexibility index (Phi) is 7.29. The topological polar surface area (TPSA) is 12.5 Å². The van der Waals surface area contributed by atoms with Gasteiger partial charge in [0.05, 0.1) is 6.61 Å². The molecule has 0 amide bonds. The molecule has 1 aliphatic heterocycles. The summed E-state index contributed by atoms with van der Waals surface area (Å²) in [6.07, 6.45) is 8.54. The van der Waals surface area contributed by atoms with Crippen molar-refractivity contribution >= 4 is 0 Å². The third-order valence-corrected chi connectivity index (χ3v) is 7.61. The van der Waals surface area contributed by atoms with Gasteiger partial charge in [-0.2, -0.15) is 0 Å². The molecule has 1 saturated heterocycles. The van der Waals surface area contributed by atoms with Gasteiger partial charge in [-0.25, -0.2) is 17.6 Å². The summed E-state index contributed by atoms with van der Waals surface area (Å²) in [6.45, 7) is 2.42. The van der Waals surface area contributed by atoms with Crippen LogP contribution >= 0.6 is 0 Å². The zero-order chi connectivity index (χ0) is 25.2. The van der Waals surface area contributed by atoms with E-state index in [-0.39, 0.29) is 23.1 Å². The van der Waals surface area contributed by atoms with Crippen molar-refractivity contribution in [3.63, 3.8) is 0 Å². The Morgan fingerprint density at radius 3 is 2.08 bits per heavy atom. The predicted molar refractivity (Wildman–Crippen MR) is 134 cm³/mol. The summed E-state index contributed by atoms with van der Waals surface area (Å²) in [7, 11) is 0. The van der Waals surface area contributed by atoms with Crippen LogP contribution in [0.2, 0.25) is 0 Å². The Morgan fingerprint density at radius 1 is 0.750 bits per heavy atom. The third kappa shape index (κ3) is 5.12. The number of epoxide rings is 1. The Balaban J connectivity index is 1.24. The summed E-state index contributed by atoms with van der Waals surface area (Å²) in [5.74, 6) is -2.61. The summed E-state index contributed by atoms with van der Waals surface area (Å²) in [4.78, 5) is 0. The van der Waals surface area contributed by atoms with E-state index in [1.54, 1.807) is 36.4 Å². The van der Waals surface area contributed by atoms with Crippen LogP contribution in [0.5, 0.6) is 0 Å². The van der Waals surface area contributed by atoms with E-state index in [4.69, 9.17) is 4.74 Å². The molecular weight excluding hydrogens is 464 g/mol. The normalized spacial score (nSPS) is 21.8. The van der Waals surface area contributed by atoms with E-state index in [0.29, 0.717) is 42.1 Å². The fourth-order valence-electron chi connectivity index (χ4n) is 5.40. The molecule has 0 spiro atoms. The summed E-state index contributed by atoms with van der Waals surface area (Å²) < 4.78 is 63.9. The summed E-state index contributed by atoms with van der Waals surface area (Å²) in [5.41, 5.74) is 2.75. The highest BCUT2D eigenvalue weighted by Crippen LogP contribution is 2.38. The zero-order valence-electron chi connectivity index (χ0n) is 20.4. The van der Waals surface area contributed by atoms with Crippen molar-refractivity contribution in [2.24, 2.45) is 5.92 Å². The number of aryl methyl sites for hydroxylation is 2. The number of halogens is 4. The first-order valence-electron chi connectivity index (χ1n) is 12.7. The van der Waals surface area contributed by atoms with E-state index in [2.05, 4.69) is 12.2 Å². The average Bonchev–Trinajstić information content (AvgIpc) is 3.73. The van der Waals surface area contributed by atoms with Gasteiger partial charge in [0.25, 0.3) is 0 Å². The Hall–Kier alpha value is -2.92. The van der Waals surface area contributed by atoms with E-state index in [9.17, 15) is 17.6 Å². The molecule has 1 atom stereocenters. The Labute approximate surface area is 209 Å². The standard InChI is InChI=1S/C31H30F4O/c1-2-3-19-4-9-21(10-5-19)24-15-14-23(28(32)29(24)33)13-8-20-6-11-22(12-7-20)25-16-17-26(27-18-36-27)31(35)30(25)34/h2-3,6-7,11-12,14-17,19,21,27H,4-5,8-10,13,18H2,1H3/b3-2+. The van der Waals surface area contributed by atoms with E-state index in [1.165, 1.54) is 0 Å². The summed E-state index contributed by atoms with van der Waals surface area (Å²) in [5, 5.41) is 0. The highest BCUT2D eigenvalue weighted by Gasteiger charge is 2.30. The molecule has 1 nitrogen and oxygen atoms in total. The predicted octanol–water partition coefficient (Wildman–Crippen LogP) is 8.62. The molecule has 36 heavy (non-hydrogen) atoms. The van der Waals surface area contributed by atoms with Crippen LogP contribution in [0.15, 0.2) is 60.7 Å². The maximum absolute atomic E-state index is 14.9. The Bertz CT molecular complexity index is 1250. The van der Waals surface area contributed by atoms with Gasteiger partial charge >= 0.3 is 0 Å². The number of hydrogen-bond acceptors (Lipinski definition) is 1. The molecule has 5 rings (SSSR count). The molecular formula is C31H30F4O. The Morgan fingerprint density at radius 2 is 1.42 bits per heavy atom. The van der Waals surface area contributed by atoms with Gasteiger partial charge in [0.1, 0.15) is 6.10 Å². The average molecular weight is 495 g/mol. The van der Waals surface area contributed by atoms with E-state index in [1.807, 2.05) is 19.1 Å². The number of benzene rings is 3. The minimum atomic E-state index is -0.885. The van der Waals surface area contributed by atoms with Crippen molar-refractivity contribution in [1.82, 2.24) is 0 Å². The number of hydrogen-bond donors (Lipinski definition) is 0. The molecule has 2 fully saturated rings. The lowest BCUT2D eigenvalue weighted by atomic mass is 9.78. The molecule has 1 unspecified atom stereocenters. The summed E-state index contributed by atoms with van der Waals surface area (Å²) in [6, 6.07) is 13.7. The molecule has 188 valence electrons. The molecule has 5 heteroatoms. The van der Waals surface area contributed by atoms with Gasteiger partial charge in [-0.05, 0) is 79.5 Å². The van der Waals surface area contributed by atoms with Crippen LogP contribution in [0.25, 0.3) is 11.1 Å². The summed E-state index contributed by atoms with van der Waals surface area (Å²) >= 11 is 0. The molecule has 3 aromatic carbocycles. The smallest absolute Gasteiger partial charge is 0.167 e. The van der Waals surface area contributed by atoms with Crippen molar-refractivity contribution in [3.8, 4) is 11.1 Å². The van der Waals surface area contributed by atoms with Gasteiger partial charge < -0.3 is 4.74 Å². The lowest BCUT2D eigenvalue weighted by Crippen LogP contribution is -2.14. The lowest BCUT2D eigenvalue weighted by Gasteiger charge is -2.27. The van der Waals surface area contributed by atoms with E-state index < -0.39 is 23.3 Å². The molecule has 2 aliphatic rings. The van der Waals surface area contributed by atoms with Crippen LogP contribution in [-0.4, -0.2) is 6.61 Å². The maximum Gasteiger partial charge on any atom is 0.167 e. The van der Waals surface area contributed by atoms with Crippen LogP contribution < -0.4 is 0 Å². The maximum atomic E-state index is 14.9. The molecule has 0 N–H and O–H groups in total. The second-order valence-electron chi connectivity index (χ2n) is 9.93. The number of allylic oxidation sites excluding steroid dienone is 2. The first kappa shape index (κ1) is 24.8. The largest absolute Gasteiger partial charge is 0.368 e. The molecule has 1 saturated carbocycles. The number of rotatable bonds is 7. The minimum Gasteiger partial charge on any atom is -0.368 e. The highest BCUT2D eigenvalue weighted by molar-refractivity contribution is 5.65. The van der Waals surface area contributed by atoms with Gasteiger partial charge in [-0.15, -0.1) is 0 Å². The van der Waals surface area contributed by atoms with Crippen molar-refractivity contribution in [2.75, 3.05) is 6.61 Å². The van der Waals surface area contributed by atoms with Crippen LogP contribution in [-0.2, 0) is 17.6 Å². The fourth-order valence-corrected chi connectivity index (χ4v) is 5.40. The fraction of sp³-hybridized carbons (Fsp3) is 0.355. The second kappa shape index (κ2) is 10.6. The van der Waals surface area contributed by atoms with Crippen molar-refractivity contribution in [2.45, 2.75) is 57.5 Å². The van der Waals surface area contributed by atoms with E-state index in [0.717, 1.165) is 31.2 Å². The second-order valence-corrected chi connectivity index (χ2v) is 9.93. The first-order chi connectivity index (χ1) is 17.5. The minimum absolute atomic E-state index is 0.0682. The van der Waals surface area contributed by atoms with Gasteiger partial charge in [0.2, 0.25) is 0 Å². The van der Waals surface area contributed by atoms with Gasteiger partial charge in [-0.1, -0.05) is 60.7 Å². The van der Waals surface area contributed by atoms with Crippen LogP contribution in [0.4, 0.5) is 17.6 Å². The van der Waals surface area contributed by atoms with Crippen molar-refractivity contribution < 1.29 is 22.3 Å². The van der Waals surface area contributed by atoms with Crippen molar-refractivity contribution in [1.29, 1.82) is 0 Å². The van der Waals surface area contributed by atoms with Crippen molar-refractivity contribution in [3.05, 3.63) is 106 Å². The molecule has 0 aromatic heterocycles. The molecule has 1 aliphatic carbocycles. The molecule has 3 aromatic rings. The number of ether oxygens (including phenoxy) is 1. The van der Waals surface area contributed by atoms with Crippen LogP contribution in [0, 0.1) is 29.2 Å². The van der Waals surface area contributed by atoms with Gasteiger partial charge in [-0.3, -0.25) is 0 Å². The highest BCUT2D eigenvalue weighted by atomic mass is 19.2. The SMILES string of the molecule is C/C=C/C1CCC(c2ccc(CCc3ccc(-c4ccc(C5CO5)c(F)c4F)cc3)c(F)c2F)CC1. The zero-order valence-corrected chi connectivity index (χ0v) is 20.4. The van der Waals surface area contributed by atoms with Crippen LogP contribution in [0.1, 0.15) is 66.9 Å². The molecule has 1 heterocycles. The third-order valence-electron chi connectivity index (χ3n) is 7.61. The van der Waals surface area contributed by atoms with Crippen LogP contribution in [0.3, 0.4) is 0 Å². The quantitative estimate of drug-likeness (QED) is 0.182. The molecule has 0 radical (unpaired) electrons. The monoisotopic (exact) mass is 494 g/mol. The van der Waals surface area contributed by atoms with E-state index >= 15 is 0 Å². The molecule has 0 bridgehead atoms.